The Morgan fingerprint density at radius 3 is 1.67 bits per heavy atom. The van der Waals surface area contributed by atoms with E-state index in [4.69, 9.17) is 0 Å². The van der Waals surface area contributed by atoms with Crippen molar-refractivity contribution in [2.75, 3.05) is 0 Å². The van der Waals surface area contributed by atoms with E-state index < -0.39 is 22.0 Å². The monoisotopic (exact) mass is 396 g/mol. The van der Waals surface area contributed by atoms with Gasteiger partial charge in [-0.15, -0.1) is 0 Å². The molecule has 0 bridgehead atoms. The molecular weight excluding hydrogens is 362 g/mol. The molecule has 0 aliphatic rings. The Labute approximate surface area is 164 Å². The average Bonchev–Trinajstić information content (AvgIpc) is 2.51. The van der Waals surface area contributed by atoms with Gasteiger partial charge in [0.15, 0.2) is 0 Å². The zero-order valence-electron chi connectivity index (χ0n) is 17.8. The molecule has 0 radical (unpaired) electrons. The molecule has 0 heterocycles. The molecule has 0 aromatic heterocycles. The first-order valence-corrected chi connectivity index (χ1v) is 11.2. The molecule has 0 amide bonds. The Balaban J connectivity index is 3.63. The molecule has 1 rings (SSSR count). The fourth-order valence-corrected chi connectivity index (χ4v) is 5.00. The van der Waals surface area contributed by atoms with Crippen molar-refractivity contribution >= 4 is 16.0 Å². The molecule has 6 heteroatoms. The number of nitrogens with one attached hydrogen (secondary N) is 1. The highest BCUT2D eigenvalue weighted by molar-refractivity contribution is 7.89. The van der Waals surface area contributed by atoms with Crippen molar-refractivity contribution in [2.45, 2.75) is 90.5 Å². The zero-order valence-corrected chi connectivity index (χ0v) is 18.6. The molecular formula is C21H34NO4S-. The van der Waals surface area contributed by atoms with Crippen molar-refractivity contribution < 1.29 is 18.3 Å². The molecule has 0 aliphatic heterocycles. The number of hydrogen-bond acceptors (Lipinski definition) is 4. The SMILES string of the molecule is CC(C)C[C@@H](NS(=O)(=O)c1c(C(C)C)cc(C(C)C)cc1C(C)C)C(=O)[O-]. The van der Waals surface area contributed by atoms with Crippen LogP contribution < -0.4 is 9.83 Å². The molecule has 154 valence electrons. The van der Waals surface area contributed by atoms with Crippen molar-refractivity contribution in [1.82, 2.24) is 4.72 Å². The lowest BCUT2D eigenvalue weighted by molar-refractivity contribution is -0.308. The molecule has 0 unspecified atom stereocenters. The summed E-state index contributed by atoms with van der Waals surface area (Å²) in [7, 11) is -4.01. The van der Waals surface area contributed by atoms with E-state index in [1.165, 1.54) is 0 Å². The summed E-state index contributed by atoms with van der Waals surface area (Å²) in [4.78, 5) is 11.7. The van der Waals surface area contributed by atoms with Crippen LogP contribution in [0.25, 0.3) is 0 Å². The molecule has 1 N–H and O–H groups in total. The van der Waals surface area contributed by atoms with Gasteiger partial charge < -0.3 is 9.90 Å². The lowest BCUT2D eigenvalue weighted by Gasteiger charge is -2.26. The summed E-state index contributed by atoms with van der Waals surface area (Å²) in [5.41, 5.74) is 2.53. The van der Waals surface area contributed by atoms with E-state index in [9.17, 15) is 18.3 Å². The Bertz CT molecular complexity index is 735. The molecule has 0 saturated carbocycles. The van der Waals surface area contributed by atoms with Crippen LogP contribution in [0.5, 0.6) is 0 Å². The average molecular weight is 397 g/mol. The van der Waals surface area contributed by atoms with Crippen molar-refractivity contribution in [1.29, 1.82) is 0 Å². The van der Waals surface area contributed by atoms with E-state index in [0.29, 0.717) is 0 Å². The van der Waals surface area contributed by atoms with Crippen molar-refractivity contribution in [3.8, 4) is 0 Å². The minimum absolute atomic E-state index is 0.0146. The third-order valence-corrected chi connectivity index (χ3v) is 6.24. The number of carbonyl (C=O) groups excluding carboxylic acids is 1. The maximum absolute atomic E-state index is 13.3. The lowest BCUT2D eigenvalue weighted by Crippen LogP contribution is -2.48. The minimum Gasteiger partial charge on any atom is -0.548 e. The van der Waals surface area contributed by atoms with Gasteiger partial charge in [-0.05, 0) is 46.8 Å². The number of aliphatic carboxylic acids is 1. The number of sulfonamides is 1. The molecule has 0 fully saturated rings. The first-order chi connectivity index (χ1) is 12.3. The highest BCUT2D eigenvalue weighted by Crippen LogP contribution is 2.35. The highest BCUT2D eigenvalue weighted by atomic mass is 32.2. The molecule has 1 aromatic carbocycles. The number of carboxylic acid groups (broad SMARTS) is 1. The van der Waals surface area contributed by atoms with Crippen LogP contribution in [-0.2, 0) is 14.8 Å². The van der Waals surface area contributed by atoms with Gasteiger partial charge in [-0.2, -0.15) is 0 Å². The topological polar surface area (TPSA) is 86.3 Å². The van der Waals surface area contributed by atoms with Gasteiger partial charge in [0.1, 0.15) is 0 Å². The fraction of sp³-hybridized carbons (Fsp3) is 0.667. The van der Waals surface area contributed by atoms with Crippen LogP contribution in [0, 0.1) is 5.92 Å². The summed E-state index contributed by atoms with van der Waals surface area (Å²) in [6.07, 6.45) is 0.180. The normalized spacial score (nSPS) is 13.8. The second kappa shape index (κ2) is 9.20. The molecule has 1 atom stereocenters. The van der Waals surface area contributed by atoms with Crippen LogP contribution in [0.1, 0.15) is 96.3 Å². The van der Waals surface area contributed by atoms with Crippen molar-refractivity contribution in [2.24, 2.45) is 5.92 Å². The van der Waals surface area contributed by atoms with Crippen LogP contribution in [0.2, 0.25) is 0 Å². The summed E-state index contributed by atoms with van der Waals surface area (Å²) in [5.74, 6) is -1.14. The Kier molecular flexibility index (Phi) is 8.05. The maximum atomic E-state index is 13.3. The van der Waals surface area contributed by atoms with E-state index in [2.05, 4.69) is 18.6 Å². The van der Waals surface area contributed by atoms with E-state index in [0.717, 1.165) is 16.7 Å². The van der Waals surface area contributed by atoms with E-state index >= 15 is 0 Å². The number of benzene rings is 1. The summed E-state index contributed by atoms with van der Waals surface area (Å²) >= 11 is 0. The maximum Gasteiger partial charge on any atom is 0.241 e. The van der Waals surface area contributed by atoms with Gasteiger partial charge in [0.25, 0.3) is 0 Å². The highest BCUT2D eigenvalue weighted by Gasteiger charge is 2.29. The summed E-state index contributed by atoms with van der Waals surface area (Å²) in [6.45, 7) is 15.6. The van der Waals surface area contributed by atoms with Crippen LogP contribution >= 0.6 is 0 Å². The van der Waals surface area contributed by atoms with Gasteiger partial charge in [0.2, 0.25) is 10.0 Å². The summed E-state index contributed by atoms with van der Waals surface area (Å²) < 4.78 is 28.9. The molecule has 5 nitrogen and oxygen atoms in total. The Hall–Kier alpha value is -1.40. The van der Waals surface area contributed by atoms with Crippen LogP contribution in [-0.4, -0.2) is 20.4 Å². The van der Waals surface area contributed by atoms with E-state index in [-0.39, 0.29) is 35.0 Å². The largest absolute Gasteiger partial charge is 0.548 e. The van der Waals surface area contributed by atoms with Gasteiger partial charge >= 0.3 is 0 Å². The van der Waals surface area contributed by atoms with Gasteiger partial charge in [-0.1, -0.05) is 67.5 Å². The number of carbonyl (C=O) groups is 1. The van der Waals surface area contributed by atoms with Crippen LogP contribution in [0.15, 0.2) is 17.0 Å². The van der Waals surface area contributed by atoms with Crippen molar-refractivity contribution in [3.63, 3.8) is 0 Å². The van der Waals surface area contributed by atoms with Gasteiger partial charge in [0, 0.05) is 0 Å². The number of rotatable bonds is 9. The predicted molar refractivity (Wildman–Crippen MR) is 107 cm³/mol. The lowest BCUT2D eigenvalue weighted by atomic mass is 9.89. The fourth-order valence-electron chi connectivity index (χ4n) is 3.11. The zero-order chi connectivity index (χ0) is 21.1. The van der Waals surface area contributed by atoms with E-state index in [1.54, 1.807) is 0 Å². The molecule has 1 aromatic rings. The minimum atomic E-state index is -4.01. The van der Waals surface area contributed by atoms with Crippen molar-refractivity contribution in [3.05, 3.63) is 28.8 Å². The van der Waals surface area contributed by atoms with Gasteiger partial charge in [-0.3, -0.25) is 0 Å². The number of carboxylic acids is 1. The summed E-state index contributed by atoms with van der Waals surface area (Å²) in [6, 6.07) is 2.62. The standard InChI is InChI=1S/C21H35NO4S/c1-12(2)9-19(21(23)24)22-27(25,26)20-17(14(5)6)10-16(13(3)4)11-18(20)15(7)8/h10-15,19,22H,9H2,1-8H3,(H,23,24)/p-1/t19-/m1/s1. The molecule has 0 spiro atoms. The van der Waals surface area contributed by atoms with Gasteiger partial charge in [0.05, 0.1) is 16.9 Å². The molecule has 0 saturated heterocycles. The smallest absolute Gasteiger partial charge is 0.241 e. The Morgan fingerprint density at radius 2 is 1.37 bits per heavy atom. The summed E-state index contributed by atoms with van der Waals surface area (Å²) in [5, 5.41) is 11.5. The van der Waals surface area contributed by atoms with Crippen LogP contribution in [0.4, 0.5) is 0 Å². The van der Waals surface area contributed by atoms with Gasteiger partial charge in [-0.25, -0.2) is 13.1 Å². The molecule has 27 heavy (non-hydrogen) atoms. The van der Waals surface area contributed by atoms with E-state index in [1.807, 2.05) is 53.7 Å². The quantitative estimate of drug-likeness (QED) is 0.692. The van der Waals surface area contributed by atoms with Crippen LogP contribution in [0.3, 0.4) is 0 Å². The first-order valence-electron chi connectivity index (χ1n) is 9.68. The predicted octanol–water partition coefficient (Wildman–Crippen LogP) is 3.50. The first kappa shape index (κ1) is 23.6. The third-order valence-electron chi connectivity index (χ3n) is 4.64. The molecule has 0 aliphatic carbocycles. The second-order valence-corrected chi connectivity index (χ2v) is 10.3. The Morgan fingerprint density at radius 1 is 0.926 bits per heavy atom. The third kappa shape index (κ3) is 6.04. The second-order valence-electron chi connectivity index (χ2n) is 8.62. The number of hydrogen-bond donors (Lipinski definition) is 1.